The summed E-state index contributed by atoms with van der Waals surface area (Å²) in [6, 6.07) is 0. The average molecular weight is 323 g/mol. The third-order valence-corrected chi connectivity index (χ3v) is 7.03. The van der Waals surface area contributed by atoms with Gasteiger partial charge in [0.1, 0.15) is 0 Å². The fraction of sp³-hybridized carbons (Fsp3) is 0.882. The second kappa shape index (κ2) is 5.84. The normalized spacial score (nSPS) is 35.5. The predicted octanol–water partition coefficient (Wildman–Crippen LogP) is 3.54. The van der Waals surface area contributed by atoms with Crippen molar-refractivity contribution in [1.29, 1.82) is 0 Å². The van der Waals surface area contributed by atoms with E-state index in [1.54, 1.807) is 0 Å². The van der Waals surface area contributed by atoms with Crippen LogP contribution in [0.4, 0.5) is 0 Å². The van der Waals surface area contributed by atoms with Crippen LogP contribution in [0.15, 0.2) is 11.5 Å². The van der Waals surface area contributed by atoms with Crippen molar-refractivity contribution < 1.29 is 9.31 Å². The maximum absolute atomic E-state index is 6.21. The molecule has 0 N–H and O–H groups in total. The number of thioether (sulfide) groups is 1. The quantitative estimate of drug-likeness (QED) is 0.725. The predicted molar refractivity (Wildman–Crippen MR) is 95.3 cm³/mol. The molecule has 3 nitrogen and oxygen atoms in total. The fourth-order valence-corrected chi connectivity index (χ4v) is 4.47. The molecule has 0 aromatic carbocycles. The lowest BCUT2D eigenvalue weighted by molar-refractivity contribution is 0.00578. The number of rotatable bonds is 2. The molecule has 0 spiro atoms. The molecule has 3 rings (SSSR count). The Bertz CT molecular complexity index is 444. The molecule has 3 aliphatic rings. The summed E-state index contributed by atoms with van der Waals surface area (Å²) in [5.74, 6) is 2.56. The van der Waals surface area contributed by atoms with E-state index >= 15 is 0 Å². The lowest BCUT2D eigenvalue weighted by atomic mass is 9.68. The molecule has 0 bridgehead atoms. The minimum atomic E-state index is -0.233. The number of hydrogen-bond donors (Lipinski definition) is 0. The van der Waals surface area contributed by atoms with Gasteiger partial charge in [-0.15, -0.1) is 0 Å². The van der Waals surface area contributed by atoms with Gasteiger partial charge >= 0.3 is 7.12 Å². The molecular formula is C17H30BNO2S. The Balaban J connectivity index is 1.67. The molecule has 2 aliphatic heterocycles. The average Bonchev–Trinajstić information content (AvgIpc) is 2.69. The van der Waals surface area contributed by atoms with Crippen LogP contribution in [0.5, 0.6) is 0 Å². The lowest BCUT2D eigenvalue weighted by Crippen LogP contribution is -2.51. The zero-order valence-electron chi connectivity index (χ0n) is 14.8. The first-order valence-electron chi connectivity index (χ1n) is 8.61. The molecular weight excluding hydrogens is 293 g/mol. The summed E-state index contributed by atoms with van der Waals surface area (Å²) in [6.45, 7) is 13.4. The van der Waals surface area contributed by atoms with Gasteiger partial charge in [-0.3, -0.25) is 4.90 Å². The summed E-state index contributed by atoms with van der Waals surface area (Å²) in [4.78, 5) is 2.70. The van der Waals surface area contributed by atoms with E-state index in [0.29, 0.717) is 5.54 Å². The summed E-state index contributed by atoms with van der Waals surface area (Å²) in [7, 11) is -0.147. The summed E-state index contributed by atoms with van der Waals surface area (Å²) >= 11 is 2.08. The van der Waals surface area contributed by atoms with Gasteiger partial charge in [-0.1, -0.05) is 6.08 Å². The zero-order chi connectivity index (χ0) is 16.0. The standard InChI is InChI=1S/C17H30BNO2S/c1-15(2)16(3,4)21-18(20-15)14-6-8-17(5,9-7-14)19-10-12-22-13-11-19/h6H,7-13H2,1-5H3. The van der Waals surface area contributed by atoms with Gasteiger partial charge in [-0.2, -0.15) is 11.8 Å². The maximum atomic E-state index is 6.21. The Labute approximate surface area is 140 Å². The van der Waals surface area contributed by atoms with E-state index in [0.717, 1.165) is 12.8 Å². The number of hydrogen-bond acceptors (Lipinski definition) is 4. The fourth-order valence-electron chi connectivity index (χ4n) is 3.57. The second-order valence-corrected chi connectivity index (χ2v) is 9.39. The molecule has 1 atom stereocenters. The van der Waals surface area contributed by atoms with Crippen LogP contribution in [0.3, 0.4) is 0 Å². The first-order valence-corrected chi connectivity index (χ1v) is 9.76. The minimum Gasteiger partial charge on any atom is -0.400 e. The molecule has 1 unspecified atom stereocenters. The van der Waals surface area contributed by atoms with Crippen molar-refractivity contribution in [2.75, 3.05) is 24.6 Å². The summed E-state index contributed by atoms with van der Waals surface area (Å²) < 4.78 is 12.4. The Hall–Kier alpha value is 0.0349. The highest BCUT2D eigenvalue weighted by Gasteiger charge is 2.52. The van der Waals surface area contributed by atoms with Crippen molar-refractivity contribution in [3.05, 3.63) is 11.5 Å². The van der Waals surface area contributed by atoms with E-state index in [1.807, 2.05) is 0 Å². The van der Waals surface area contributed by atoms with Crippen LogP contribution in [0.2, 0.25) is 0 Å². The Morgan fingerprint density at radius 2 is 1.64 bits per heavy atom. The second-order valence-electron chi connectivity index (χ2n) is 8.17. The molecule has 0 amide bonds. The maximum Gasteiger partial charge on any atom is 0.490 e. The minimum absolute atomic E-state index is 0.147. The van der Waals surface area contributed by atoms with E-state index in [4.69, 9.17) is 9.31 Å². The molecule has 1 aliphatic carbocycles. The Morgan fingerprint density at radius 3 is 2.14 bits per heavy atom. The molecule has 124 valence electrons. The van der Waals surface area contributed by atoms with Gasteiger partial charge in [0.05, 0.1) is 11.2 Å². The van der Waals surface area contributed by atoms with E-state index in [2.05, 4.69) is 57.4 Å². The Morgan fingerprint density at radius 1 is 1.05 bits per heavy atom. The van der Waals surface area contributed by atoms with Crippen LogP contribution in [-0.4, -0.2) is 53.4 Å². The highest BCUT2D eigenvalue weighted by atomic mass is 32.2. The summed E-state index contributed by atoms with van der Waals surface area (Å²) in [6.07, 6.45) is 5.83. The van der Waals surface area contributed by atoms with Gasteiger partial charge < -0.3 is 9.31 Å². The van der Waals surface area contributed by atoms with Crippen molar-refractivity contribution in [1.82, 2.24) is 4.90 Å². The molecule has 0 aromatic rings. The van der Waals surface area contributed by atoms with Crippen LogP contribution in [0, 0.1) is 0 Å². The number of allylic oxidation sites excluding steroid dienone is 1. The van der Waals surface area contributed by atoms with Crippen molar-refractivity contribution in [2.24, 2.45) is 0 Å². The third kappa shape index (κ3) is 3.02. The van der Waals surface area contributed by atoms with Crippen molar-refractivity contribution in [3.8, 4) is 0 Å². The Kier molecular flexibility index (Phi) is 4.48. The highest BCUT2D eigenvalue weighted by Crippen LogP contribution is 2.42. The molecule has 2 fully saturated rings. The SMILES string of the molecule is CC1(N2CCSCC2)CC=C(B2OC(C)(C)C(C)(C)O2)CC1. The molecule has 0 radical (unpaired) electrons. The van der Waals surface area contributed by atoms with Gasteiger partial charge in [0.2, 0.25) is 0 Å². The third-order valence-electron chi connectivity index (χ3n) is 6.09. The van der Waals surface area contributed by atoms with E-state index in [1.165, 1.54) is 36.5 Å². The molecule has 5 heteroatoms. The number of nitrogens with zero attached hydrogens (tertiary/aromatic N) is 1. The molecule has 0 saturated carbocycles. The smallest absolute Gasteiger partial charge is 0.400 e. The first kappa shape index (κ1) is 16.9. The van der Waals surface area contributed by atoms with Crippen molar-refractivity contribution in [3.63, 3.8) is 0 Å². The van der Waals surface area contributed by atoms with Gasteiger partial charge in [0, 0.05) is 30.1 Å². The topological polar surface area (TPSA) is 21.7 Å². The summed E-state index contributed by atoms with van der Waals surface area (Å²) in [5.41, 5.74) is 1.21. The van der Waals surface area contributed by atoms with E-state index < -0.39 is 0 Å². The molecule has 0 aromatic heterocycles. The van der Waals surface area contributed by atoms with Gasteiger partial charge in [-0.25, -0.2) is 0 Å². The highest BCUT2D eigenvalue weighted by molar-refractivity contribution is 7.99. The van der Waals surface area contributed by atoms with Crippen LogP contribution >= 0.6 is 11.8 Å². The summed E-state index contributed by atoms with van der Waals surface area (Å²) in [5, 5.41) is 0. The monoisotopic (exact) mass is 323 g/mol. The van der Waals surface area contributed by atoms with E-state index in [9.17, 15) is 0 Å². The van der Waals surface area contributed by atoms with Crippen LogP contribution in [0.25, 0.3) is 0 Å². The van der Waals surface area contributed by atoms with Crippen molar-refractivity contribution >= 4 is 18.9 Å². The zero-order valence-corrected chi connectivity index (χ0v) is 15.6. The van der Waals surface area contributed by atoms with Crippen molar-refractivity contribution in [2.45, 2.75) is 70.6 Å². The van der Waals surface area contributed by atoms with E-state index in [-0.39, 0.29) is 18.3 Å². The van der Waals surface area contributed by atoms with Gasteiger partial charge in [0.15, 0.2) is 0 Å². The van der Waals surface area contributed by atoms with Crippen LogP contribution < -0.4 is 0 Å². The lowest BCUT2D eigenvalue weighted by Gasteiger charge is -2.45. The largest absolute Gasteiger partial charge is 0.490 e. The molecule has 22 heavy (non-hydrogen) atoms. The van der Waals surface area contributed by atoms with Crippen LogP contribution in [-0.2, 0) is 9.31 Å². The molecule has 2 saturated heterocycles. The van der Waals surface area contributed by atoms with Crippen LogP contribution in [0.1, 0.15) is 53.9 Å². The molecule has 2 heterocycles. The van der Waals surface area contributed by atoms with Gasteiger partial charge in [-0.05, 0) is 59.4 Å². The first-order chi connectivity index (χ1) is 10.2. The van der Waals surface area contributed by atoms with Gasteiger partial charge in [0.25, 0.3) is 0 Å².